The Hall–Kier alpha value is -1.09. The molecule has 0 aliphatic carbocycles. The molecule has 2 nitrogen and oxygen atoms in total. The summed E-state index contributed by atoms with van der Waals surface area (Å²) in [5.41, 5.74) is 1.61. The van der Waals surface area contributed by atoms with Crippen molar-refractivity contribution in [3.05, 3.63) is 29.6 Å². The lowest BCUT2D eigenvalue weighted by Crippen LogP contribution is -2.32. The number of anilines is 1. The maximum absolute atomic E-state index is 13.4. The largest absolute Gasteiger partial charge is 0.389 e. The molecule has 0 radical (unpaired) electrons. The third-order valence-electron chi connectivity index (χ3n) is 2.95. The van der Waals surface area contributed by atoms with Gasteiger partial charge in [0.15, 0.2) is 0 Å². The van der Waals surface area contributed by atoms with Crippen molar-refractivity contribution in [3.8, 4) is 0 Å². The first kappa shape index (κ1) is 16.0. The lowest BCUT2D eigenvalue weighted by Gasteiger charge is -2.31. The number of aliphatic hydroxyl groups is 1. The first-order valence-corrected chi connectivity index (χ1v) is 7.03. The van der Waals surface area contributed by atoms with Gasteiger partial charge in [0.25, 0.3) is 0 Å². The van der Waals surface area contributed by atoms with E-state index in [1.165, 1.54) is 12.1 Å². The predicted octanol–water partition coefficient (Wildman–Crippen LogP) is 4.00. The molecule has 0 saturated carbocycles. The van der Waals surface area contributed by atoms with Gasteiger partial charge in [-0.05, 0) is 37.0 Å². The molecule has 0 aliphatic heterocycles. The third kappa shape index (κ3) is 4.83. The Morgan fingerprint density at radius 3 is 2.00 bits per heavy atom. The zero-order valence-electron chi connectivity index (χ0n) is 12.7. The molecular formula is C16H26FNO. The number of hydrogen-bond acceptors (Lipinski definition) is 2. The summed E-state index contributed by atoms with van der Waals surface area (Å²) in [4.78, 5) is 2.25. The monoisotopic (exact) mass is 267 g/mol. The minimum Gasteiger partial charge on any atom is -0.389 e. The quantitative estimate of drug-likeness (QED) is 0.842. The Morgan fingerprint density at radius 1 is 1.05 bits per heavy atom. The first-order valence-electron chi connectivity index (χ1n) is 7.03. The van der Waals surface area contributed by atoms with Gasteiger partial charge in [-0.3, -0.25) is 0 Å². The molecule has 0 amide bonds. The Kier molecular flexibility index (Phi) is 5.80. The second kappa shape index (κ2) is 6.90. The van der Waals surface area contributed by atoms with Crippen molar-refractivity contribution >= 4 is 5.69 Å². The molecular weight excluding hydrogens is 241 g/mol. The van der Waals surface area contributed by atoms with E-state index in [1.807, 2.05) is 0 Å². The van der Waals surface area contributed by atoms with Crippen LogP contribution in [0.1, 0.15) is 46.3 Å². The molecule has 0 heterocycles. The molecule has 0 aromatic heterocycles. The zero-order valence-corrected chi connectivity index (χ0v) is 12.7. The van der Waals surface area contributed by atoms with Crippen LogP contribution < -0.4 is 4.90 Å². The van der Waals surface area contributed by atoms with E-state index in [0.717, 1.165) is 18.8 Å². The van der Waals surface area contributed by atoms with Crippen LogP contribution in [0.5, 0.6) is 0 Å². The summed E-state index contributed by atoms with van der Waals surface area (Å²) in [6.45, 7) is 12.2. The van der Waals surface area contributed by atoms with Crippen molar-refractivity contribution < 1.29 is 9.50 Å². The van der Waals surface area contributed by atoms with E-state index >= 15 is 0 Å². The number of halogens is 1. The summed E-state index contributed by atoms with van der Waals surface area (Å²) in [6.07, 6.45) is -0.660. The molecule has 19 heavy (non-hydrogen) atoms. The molecule has 1 aromatic rings. The molecule has 0 fully saturated rings. The molecule has 0 aliphatic rings. The fourth-order valence-electron chi connectivity index (χ4n) is 2.30. The van der Waals surface area contributed by atoms with Gasteiger partial charge >= 0.3 is 0 Å². The van der Waals surface area contributed by atoms with Crippen LogP contribution in [0.3, 0.4) is 0 Å². The van der Waals surface area contributed by atoms with E-state index in [-0.39, 0.29) is 5.82 Å². The highest BCUT2D eigenvalue weighted by atomic mass is 19.1. The minimum absolute atomic E-state index is 0.298. The average Bonchev–Trinajstić information content (AvgIpc) is 2.26. The molecule has 3 heteroatoms. The number of hydrogen-bond donors (Lipinski definition) is 1. The van der Waals surface area contributed by atoms with Crippen molar-refractivity contribution in [1.29, 1.82) is 0 Å². The second-order valence-corrected chi connectivity index (χ2v) is 6.07. The lowest BCUT2D eigenvalue weighted by molar-refractivity contribution is 0.199. The Labute approximate surface area is 116 Å². The third-order valence-corrected chi connectivity index (χ3v) is 2.95. The van der Waals surface area contributed by atoms with Crippen LogP contribution >= 0.6 is 0 Å². The van der Waals surface area contributed by atoms with Crippen LogP contribution in [0.15, 0.2) is 18.2 Å². The van der Waals surface area contributed by atoms with Crippen molar-refractivity contribution in [3.63, 3.8) is 0 Å². The summed E-state index contributed by atoms with van der Waals surface area (Å²) in [6, 6.07) is 4.69. The van der Waals surface area contributed by atoms with Gasteiger partial charge < -0.3 is 10.0 Å². The van der Waals surface area contributed by atoms with Gasteiger partial charge in [0.1, 0.15) is 5.82 Å². The molecule has 1 unspecified atom stereocenters. The highest BCUT2D eigenvalue weighted by Gasteiger charge is 2.17. The summed E-state index contributed by atoms with van der Waals surface area (Å²) in [7, 11) is 0. The van der Waals surface area contributed by atoms with Gasteiger partial charge in [-0.2, -0.15) is 0 Å². The summed E-state index contributed by atoms with van der Waals surface area (Å²) in [5, 5.41) is 9.85. The highest BCUT2D eigenvalue weighted by molar-refractivity contribution is 5.55. The number of rotatable bonds is 6. The van der Waals surface area contributed by atoms with Crippen LogP contribution in [-0.2, 0) is 0 Å². The van der Waals surface area contributed by atoms with E-state index in [0.29, 0.717) is 17.4 Å². The Bertz CT molecular complexity index is 392. The van der Waals surface area contributed by atoms with E-state index < -0.39 is 6.10 Å². The van der Waals surface area contributed by atoms with Crippen molar-refractivity contribution in [1.82, 2.24) is 0 Å². The fourth-order valence-corrected chi connectivity index (χ4v) is 2.30. The maximum atomic E-state index is 13.4. The molecule has 0 spiro atoms. The number of aliphatic hydroxyl groups excluding tert-OH is 1. The van der Waals surface area contributed by atoms with E-state index in [2.05, 4.69) is 32.6 Å². The van der Waals surface area contributed by atoms with Crippen molar-refractivity contribution in [2.45, 2.75) is 40.7 Å². The van der Waals surface area contributed by atoms with Crippen LogP contribution in [0.2, 0.25) is 0 Å². The zero-order chi connectivity index (χ0) is 14.6. The van der Waals surface area contributed by atoms with Crippen LogP contribution in [0.25, 0.3) is 0 Å². The van der Waals surface area contributed by atoms with E-state index in [1.54, 1.807) is 13.0 Å². The lowest BCUT2D eigenvalue weighted by atomic mass is 10.0. The van der Waals surface area contributed by atoms with Crippen LogP contribution in [0.4, 0.5) is 10.1 Å². The van der Waals surface area contributed by atoms with Gasteiger partial charge in [-0.25, -0.2) is 4.39 Å². The standard InChI is InChI=1S/C16H26FNO/c1-11(2)9-18(10-12(3)4)16-7-6-14(17)8-15(16)13(5)19/h6-8,11-13,19H,9-10H2,1-5H3. The number of nitrogens with zero attached hydrogens (tertiary/aromatic N) is 1. The van der Waals surface area contributed by atoms with Crippen molar-refractivity contribution in [2.75, 3.05) is 18.0 Å². The Balaban J connectivity index is 3.13. The molecule has 0 bridgehead atoms. The summed E-state index contributed by atoms with van der Waals surface area (Å²) in [5.74, 6) is 0.741. The second-order valence-electron chi connectivity index (χ2n) is 6.07. The van der Waals surface area contributed by atoms with E-state index in [9.17, 15) is 9.50 Å². The average molecular weight is 267 g/mol. The summed E-state index contributed by atoms with van der Waals surface area (Å²) >= 11 is 0. The molecule has 108 valence electrons. The number of benzene rings is 1. The first-order chi connectivity index (χ1) is 8.81. The van der Waals surface area contributed by atoms with E-state index in [4.69, 9.17) is 0 Å². The highest BCUT2D eigenvalue weighted by Crippen LogP contribution is 2.28. The van der Waals surface area contributed by atoms with Gasteiger partial charge in [0.2, 0.25) is 0 Å². The van der Waals surface area contributed by atoms with Gasteiger partial charge in [0.05, 0.1) is 6.10 Å². The predicted molar refractivity (Wildman–Crippen MR) is 78.9 cm³/mol. The minimum atomic E-state index is -0.660. The SMILES string of the molecule is CC(C)CN(CC(C)C)c1ccc(F)cc1C(C)O. The molecule has 1 aromatic carbocycles. The van der Waals surface area contributed by atoms with Crippen molar-refractivity contribution in [2.24, 2.45) is 11.8 Å². The fraction of sp³-hybridized carbons (Fsp3) is 0.625. The smallest absolute Gasteiger partial charge is 0.123 e. The molecule has 1 N–H and O–H groups in total. The topological polar surface area (TPSA) is 23.5 Å². The van der Waals surface area contributed by atoms with Gasteiger partial charge in [-0.15, -0.1) is 0 Å². The summed E-state index contributed by atoms with van der Waals surface area (Å²) < 4.78 is 13.4. The van der Waals surface area contributed by atoms with Gasteiger partial charge in [-0.1, -0.05) is 27.7 Å². The molecule has 0 saturated heterocycles. The normalized spacial score (nSPS) is 13.1. The van der Waals surface area contributed by atoms with Crippen LogP contribution in [0, 0.1) is 17.7 Å². The maximum Gasteiger partial charge on any atom is 0.123 e. The Morgan fingerprint density at radius 2 is 1.58 bits per heavy atom. The molecule has 1 atom stereocenters. The molecule has 1 rings (SSSR count). The van der Waals surface area contributed by atoms with Gasteiger partial charge in [0, 0.05) is 24.3 Å². The van der Waals surface area contributed by atoms with Crippen LogP contribution in [-0.4, -0.2) is 18.2 Å².